The number of nitrogens with zero attached hydrogens (tertiary/aromatic N) is 1. The third-order valence-electron chi connectivity index (χ3n) is 2.48. The number of primary amides is 1. The maximum atomic E-state index is 11.6. The number of rotatable bonds is 5. The van der Waals surface area contributed by atoms with Gasteiger partial charge >= 0.3 is 12.2 Å². The van der Waals surface area contributed by atoms with Crippen molar-refractivity contribution in [3.8, 4) is 5.75 Å². The topological polar surface area (TPSA) is 102 Å². The molecule has 0 bridgehead atoms. The van der Waals surface area contributed by atoms with Crippen LogP contribution >= 0.6 is 0 Å². The van der Waals surface area contributed by atoms with Crippen molar-refractivity contribution in [2.45, 2.75) is 12.5 Å². The average molecular weight is 282 g/mol. The van der Waals surface area contributed by atoms with Crippen LogP contribution in [0.15, 0.2) is 24.3 Å². The quantitative estimate of drug-likeness (QED) is 0.846. The Labute approximate surface area is 116 Å². The molecule has 0 saturated heterocycles. The van der Waals surface area contributed by atoms with E-state index in [-0.39, 0.29) is 18.8 Å². The molecule has 0 spiro atoms. The predicted molar refractivity (Wildman–Crippen MR) is 71.3 cm³/mol. The molecule has 0 radical (unpaired) electrons. The van der Waals surface area contributed by atoms with Gasteiger partial charge in [-0.2, -0.15) is 0 Å². The van der Waals surface area contributed by atoms with Gasteiger partial charge in [0.25, 0.3) is 0 Å². The molecule has 1 aromatic rings. The van der Waals surface area contributed by atoms with Crippen molar-refractivity contribution < 1.29 is 24.2 Å². The minimum Gasteiger partial charge on any atom is -0.441 e. The number of amides is 2. The molecule has 0 aromatic heterocycles. The van der Waals surface area contributed by atoms with Crippen molar-refractivity contribution >= 4 is 12.2 Å². The van der Waals surface area contributed by atoms with Crippen molar-refractivity contribution in [2.75, 3.05) is 20.7 Å². The Morgan fingerprint density at radius 3 is 2.55 bits per heavy atom. The van der Waals surface area contributed by atoms with E-state index in [1.807, 2.05) is 0 Å². The largest absolute Gasteiger partial charge is 0.441 e. The van der Waals surface area contributed by atoms with Crippen molar-refractivity contribution in [1.82, 2.24) is 4.90 Å². The van der Waals surface area contributed by atoms with Gasteiger partial charge in [-0.1, -0.05) is 18.2 Å². The lowest BCUT2D eigenvalue weighted by molar-refractivity contribution is 0.0860. The molecule has 1 atom stereocenters. The van der Waals surface area contributed by atoms with Crippen molar-refractivity contribution in [2.24, 2.45) is 5.73 Å². The Morgan fingerprint density at radius 2 is 2.00 bits per heavy atom. The highest BCUT2D eigenvalue weighted by atomic mass is 16.6. The van der Waals surface area contributed by atoms with Gasteiger partial charge in [-0.05, 0) is 6.07 Å². The number of hydrogen-bond donors (Lipinski definition) is 2. The van der Waals surface area contributed by atoms with Gasteiger partial charge in [0, 0.05) is 32.7 Å². The first-order valence-electron chi connectivity index (χ1n) is 6.00. The summed E-state index contributed by atoms with van der Waals surface area (Å²) >= 11 is 0. The molecule has 0 aliphatic heterocycles. The second kappa shape index (κ2) is 7.34. The molecule has 3 N–H and O–H groups in total. The van der Waals surface area contributed by atoms with Gasteiger partial charge in [0.15, 0.2) is 0 Å². The van der Waals surface area contributed by atoms with Crippen LogP contribution in [0.1, 0.15) is 18.1 Å². The molecule has 0 heterocycles. The number of aliphatic hydroxyl groups is 1. The van der Waals surface area contributed by atoms with Crippen LogP contribution in [0.2, 0.25) is 0 Å². The zero-order valence-corrected chi connectivity index (χ0v) is 11.4. The number of nitrogens with two attached hydrogens (primary N) is 1. The van der Waals surface area contributed by atoms with Gasteiger partial charge in [0.05, 0.1) is 0 Å². The molecular formula is C13H18N2O5. The first-order valence-corrected chi connectivity index (χ1v) is 6.00. The number of aliphatic hydroxyl groups excluding tert-OH is 1. The Hall–Kier alpha value is -2.28. The van der Waals surface area contributed by atoms with Crippen LogP contribution in [0.5, 0.6) is 5.75 Å². The summed E-state index contributed by atoms with van der Waals surface area (Å²) in [5, 5.41) is 9.02. The van der Waals surface area contributed by atoms with Crippen LogP contribution in [0.25, 0.3) is 0 Å². The lowest BCUT2D eigenvalue weighted by Gasteiger charge is -2.19. The van der Waals surface area contributed by atoms with E-state index in [1.165, 1.54) is 4.90 Å². The number of carbonyl (C=O) groups excluding carboxylic acids is 2. The number of benzene rings is 1. The van der Waals surface area contributed by atoms with Gasteiger partial charge in [0.1, 0.15) is 11.9 Å². The molecule has 7 heteroatoms. The van der Waals surface area contributed by atoms with Crippen LogP contribution < -0.4 is 10.5 Å². The number of para-hydroxylation sites is 1. The van der Waals surface area contributed by atoms with Crippen LogP contribution in [0.3, 0.4) is 0 Å². The molecule has 1 rings (SSSR count). The van der Waals surface area contributed by atoms with Crippen LogP contribution in [0, 0.1) is 0 Å². The maximum absolute atomic E-state index is 11.6. The van der Waals surface area contributed by atoms with Gasteiger partial charge < -0.3 is 25.2 Å². The highest BCUT2D eigenvalue weighted by Gasteiger charge is 2.20. The van der Waals surface area contributed by atoms with E-state index in [0.717, 1.165) is 0 Å². The predicted octanol–water partition coefficient (Wildman–Crippen LogP) is 1.27. The van der Waals surface area contributed by atoms with E-state index in [0.29, 0.717) is 5.56 Å². The lowest BCUT2D eigenvalue weighted by atomic mass is 10.1. The van der Waals surface area contributed by atoms with Gasteiger partial charge in [-0.15, -0.1) is 0 Å². The van der Waals surface area contributed by atoms with Gasteiger partial charge in [0.2, 0.25) is 0 Å². The van der Waals surface area contributed by atoms with Crippen molar-refractivity contribution in [3.63, 3.8) is 0 Å². The summed E-state index contributed by atoms with van der Waals surface area (Å²) in [5.41, 5.74) is 5.47. The Balaban J connectivity index is 3.02. The van der Waals surface area contributed by atoms with E-state index >= 15 is 0 Å². The molecule has 20 heavy (non-hydrogen) atoms. The standard InChI is InChI=1S/C13H18N2O5/c1-15(2)13(18)20-10-6-4-3-5-9(10)11(7-8-16)19-12(14)17/h3-6,11,16H,7-8H2,1-2H3,(H2,14,17). The smallest absolute Gasteiger partial charge is 0.414 e. The molecule has 0 fully saturated rings. The van der Waals surface area contributed by atoms with E-state index in [4.69, 9.17) is 20.3 Å². The van der Waals surface area contributed by atoms with Crippen molar-refractivity contribution in [1.29, 1.82) is 0 Å². The summed E-state index contributed by atoms with van der Waals surface area (Å²) in [6.07, 6.45) is -2.14. The molecule has 1 unspecified atom stereocenters. The van der Waals surface area contributed by atoms with E-state index < -0.39 is 18.3 Å². The SMILES string of the molecule is CN(C)C(=O)Oc1ccccc1C(CCO)OC(N)=O. The minimum atomic E-state index is -0.961. The zero-order chi connectivity index (χ0) is 15.1. The average Bonchev–Trinajstić information content (AvgIpc) is 2.38. The maximum Gasteiger partial charge on any atom is 0.414 e. The molecule has 110 valence electrons. The summed E-state index contributed by atoms with van der Waals surface area (Å²) in [4.78, 5) is 23.8. The highest BCUT2D eigenvalue weighted by molar-refractivity contribution is 5.70. The summed E-state index contributed by atoms with van der Waals surface area (Å²) in [7, 11) is 3.10. The second-order valence-electron chi connectivity index (χ2n) is 4.24. The molecule has 7 nitrogen and oxygen atoms in total. The van der Waals surface area contributed by atoms with Crippen LogP contribution in [-0.2, 0) is 4.74 Å². The first-order chi connectivity index (χ1) is 9.45. The summed E-state index contributed by atoms with van der Waals surface area (Å²) < 4.78 is 10.1. The molecule has 2 amide bonds. The van der Waals surface area contributed by atoms with E-state index in [2.05, 4.69) is 0 Å². The normalized spacial score (nSPS) is 11.6. The fraction of sp³-hybridized carbons (Fsp3) is 0.385. The first kappa shape index (κ1) is 15.8. The van der Waals surface area contributed by atoms with E-state index in [1.54, 1.807) is 38.4 Å². The van der Waals surface area contributed by atoms with Gasteiger partial charge in [-0.3, -0.25) is 0 Å². The number of hydrogen-bond acceptors (Lipinski definition) is 5. The van der Waals surface area contributed by atoms with Crippen LogP contribution in [0.4, 0.5) is 9.59 Å². The minimum absolute atomic E-state index is 0.152. The molecular weight excluding hydrogens is 264 g/mol. The Bertz CT molecular complexity index is 476. The third-order valence-corrected chi connectivity index (χ3v) is 2.48. The van der Waals surface area contributed by atoms with E-state index in [9.17, 15) is 9.59 Å². The molecule has 1 aromatic carbocycles. The molecule has 0 aliphatic carbocycles. The zero-order valence-electron chi connectivity index (χ0n) is 11.4. The third kappa shape index (κ3) is 4.43. The summed E-state index contributed by atoms with van der Waals surface area (Å²) in [5.74, 6) is 0.255. The summed E-state index contributed by atoms with van der Waals surface area (Å²) in [6, 6.07) is 6.60. The lowest BCUT2D eigenvalue weighted by Crippen LogP contribution is -2.26. The fourth-order valence-electron chi connectivity index (χ4n) is 1.56. The monoisotopic (exact) mass is 282 g/mol. The number of ether oxygens (including phenoxy) is 2. The molecule has 0 aliphatic rings. The Morgan fingerprint density at radius 1 is 1.35 bits per heavy atom. The number of carbonyl (C=O) groups is 2. The van der Waals surface area contributed by atoms with Crippen molar-refractivity contribution in [3.05, 3.63) is 29.8 Å². The molecule has 0 saturated carbocycles. The fourth-order valence-corrected chi connectivity index (χ4v) is 1.56. The van der Waals surface area contributed by atoms with Gasteiger partial charge in [-0.25, -0.2) is 9.59 Å². The highest BCUT2D eigenvalue weighted by Crippen LogP contribution is 2.30. The second-order valence-corrected chi connectivity index (χ2v) is 4.24. The van der Waals surface area contributed by atoms with Crippen LogP contribution in [-0.4, -0.2) is 42.9 Å². The summed E-state index contributed by atoms with van der Waals surface area (Å²) in [6.45, 7) is -0.200. The Kier molecular flexibility index (Phi) is 5.79.